The predicted octanol–water partition coefficient (Wildman–Crippen LogP) is 0.303. The number of likely N-dealkylation sites (N-methyl/N-ethyl adjacent to an activating group) is 3. The standard InChI is InChI=1S/C93H129N23O19S2/c1-10-12-25-70-84(127)105-62(24-18-35-99-93(96)97)81(124)104-63(80(123)101-47-76(95)120)34-38-136-49-77(121)103-67(40-54-30-32-58(118)33-31-54)88(131)112(7)52(5)79(122)108-69(44-75(94)119)91(134)116-37-20-28-72(116)86(129)107-65(43-57-46-98-50-102-57)82(125)109-66(39-51(3)4)90(133)115-36-19-27-71(115)85(128)106-64(41-55-45-100-61-23-16-14-21-59(55)61)83(126)111-78(53(6)117)87(130)110-68(42-56-48-137-74-29-17-15-22-60(56)74)89(132)114(9)73(26-13-11-2)92(135)113(70)8/h14-17,21-23,29-33,45-46,48,50-52,62-73,78,100,117-118H,6,10-13,18-20,24-28,34-44,47,49H2,1-5,7-9H3,(H2,94,119)(H2,95,120)(H,98,102)(H,101,123)(H,103,121)(H,104,124)(H,105,127)(H,106,128)(H,107,129)(H,108,122)(H,109,125)(H,110,130)(H,111,126)(H4,96,97,99)/t52-,62-,63?,64-,65-,66-,67-,68-,69-,70-,71-,72-,73-,78-/m0/s1. The van der Waals surface area contributed by atoms with E-state index in [0.29, 0.717) is 64.4 Å². The fourth-order valence-corrected chi connectivity index (χ4v) is 18.7. The Hall–Kier alpha value is -13.7. The number of hydrogen-bond acceptors (Lipinski definition) is 23. The van der Waals surface area contributed by atoms with E-state index in [1.54, 1.807) is 55.8 Å². The molecule has 6 aromatic rings. The third-order valence-corrected chi connectivity index (χ3v) is 26.5. The van der Waals surface area contributed by atoms with E-state index >= 15 is 38.4 Å². The highest BCUT2D eigenvalue weighted by atomic mass is 32.2. The Balaban J connectivity index is 1.09. The molecule has 3 saturated heterocycles. The number of thioether (sulfide) groups is 1. The number of para-hydroxylation sites is 1. The van der Waals surface area contributed by atoms with Crippen LogP contribution in [0.2, 0.25) is 0 Å². The normalized spacial score (nSPS) is 24.1. The Kier molecular flexibility index (Phi) is 40.1. The minimum Gasteiger partial charge on any atom is -0.510 e. The number of guanidine groups is 1. The van der Waals surface area contributed by atoms with Gasteiger partial charge in [0.15, 0.2) is 12.0 Å². The summed E-state index contributed by atoms with van der Waals surface area (Å²) >= 11 is 2.29. The van der Waals surface area contributed by atoms with Crippen molar-refractivity contribution in [3.05, 3.63) is 132 Å². The lowest BCUT2D eigenvalue weighted by Gasteiger charge is -2.36. The Morgan fingerprint density at radius 2 is 1.12 bits per heavy atom. The van der Waals surface area contributed by atoms with Crippen LogP contribution in [-0.2, 0) is 107 Å². The number of fused-ring (bicyclic) bond motifs is 4. The number of rotatable bonds is 26. The molecule has 9 rings (SSSR count). The summed E-state index contributed by atoms with van der Waals surface area (Å²) < 4.78 is 0.813. The number of H-pyrrole nitrogens is 2. The number of nitrogens with two attached hydrogens (primary N) is 3. The van der Waals surface area contributed by atoms with Crippen molar-refractivity contribution < 1.29 is 91.7 Å². The number of primary amides is 2. The number of aromatic amines is 2. The number of unbranched alkanes of at least 4 members (excludes halogenated alkanes) is 2. The van der Waals surface area contributed by atoms with E-state index in [1.807, 2.05) is 32.0 Å². The Labute approximate surface area is 801 Å². The van der Waals surface area contributed by atoms with Crippen LogP contribution in [0.4, 0.5) is 0 Å². The van der Waals surface area contributed by atoms with E-state index in [0.717, 1.165) is 31.2 Å². The smallest absolute Gasteiger partial charge is 0.251 e. The van der Waals surface area contributed by atoms with Gasteiger partial charge in [-0.25, -0.2) is 4.98 Å². The maximum atomic E-state index is 15.8. The summed E-state index contributed by atoms with van der Waals surface area (Å²) in [5.41, 5.74) is 19.3. The van der Waals surface area contributed by atoms with Crippen LogP contribution >= 0.6 is 23.1 Å². The number of nitrogens with zero attached hydrogens (tertiary/aromatic N) is 6. The molecule has 42 nitrogen and oxygen atoms in total. The maximum absolute atomic E-state index is 15.8. The molecule has 3 aromatic carbocycles. The molecule has 3 fully saturated rings. The molecule has 1 unspecified atom stereocenters. The maximum Gasteiger partial charge on any atom is 0.251 e. The number of carbonyl (C=O) groups is 17. The van der Waals surface area contributed by atoms with Crippen molar-refractivity contribution in [3.8, 4) is 5.75 Å². The zero-order chi connectivity index (χ0) is 100. The molecule has 0 spiro atoms. The molecule has 3 aliphatic heterocycles. The fraction of sp³-hybridized carbons (Fsp3) is 0.516. The van der Waals surface area contributed by atoms with Crippen LogP contribution < -0.4 is 75.7 Å². The van der Waals surface area contributed by atoms with Gasteiger partial charge in [0.25, 0.3) is 5.91 Å². The second kappa shape index (κ2) is 51.3. The molecule has 0 bridgehead atoms. The Morgan fingerprint density at radius 1 is 0.562 bits per heavy atom. The number of benzene rings is 3. The van der Waals surface area contributed by atoms with Crippen LogP contribution in [0.15, 0.2) is 109 Å². The SMILES string of the molecule is C=C(O)[C@@H]1NC(=O)[C@H](Cc2c[nH]c3ccccc23)NC(=O)[C@@H]2CCCN2C(=O)[C@H](CC(C)C)NC(=O)[C@H](Cc2cnc[nH]2)NC(=O)[C@@H]2CCCN2C(=O)[C@H](CC(N)=O)NC(=O)[C@H](C)N(C)C(=O)[C@H](Cc2ccc(O)cc2)NC(=O)CSCCC(C(=O)NCC(N)=O)NC(=O)[C@H](CCCNC(=N)N)NC(=O)[C@H](CCCC)N(C)C(=O)[C@H](CCCC)N(C)C(=O)[C@H](Cc2csc3ccccc23)NC1=O. The van der Waals surface area contributed by atoms with Gasteiger partial charge in [0.05, 0.1) is 25.0 Å². The number of amides is 17. The number of thiophene rings is 1. The first-order chi connectivity index (χ1) is 65.3. The van der Waals surface area contributed by atoms with Gasteiger partial charge in [-0.15, -0.1) is 11.3 Å². The summed E-state index contributed by atoms with van der Waals surface area (Å²) in [5.74, 6) is -17.6. The topological polar surface area (TPSA) is 626 Å². The predicted molar refractivity (Wildman–Crippen MR) is 511 cm³/mol. The molecule has 6 heterocycles. The van der Waals surface area contributed by atoms with Crippen molar-refractivity contribution in [3.63, 3.8) is 0 Å². The van der Waals surface area contributed by atoms with Crippen molar-refractivity contribution in [1.82, 2.24) is 97.9 Å². The lowest BCUT2D eigenvalue weighted by Crippen LogP contribution is -2.61. The molecule has 22 N–H and O–H groups in total. The van der Waals surface area contributed by atoms with Gasteiger partial charge in [0, 0.05) is 100 Å². The second-order valence-corrected chi connectivity index (χ2v) is 37.2. The van der Waals surface area contributed by atoms with Crippen molar-refractivity contribution >= 4 is 150 Å². The summed E-state index contributed by atoms with van der Waals surface area (Å²) in [7, 11) is 3.96. The zero-order valence-corrected chi connectivity index (χ0v) is 80.0. The van der Waals surface area contributed by atoms with Crippen LogP contribution in [0.1, 0.15) is 153 Å². The number of phenols is 1. The van der Waals surface area contributed by atoms with Crippen molar-refractivity contribution in [2.24, 2.45) is 23.1 Å². The molecule has 742 valence electrons. The van der Waals surface area contributed by atoms with Crippen LogP contribution in [0.25, 0.3) is 21.0 Å². The lowest BCUT2D eigenvalue weighted by molar-refractivity contribution is -0.149. The van der Waals surface area contributed by atoms with Gasteiger partial charge in [0.2, 0.25) is 94.5 Å². The number of phenolic OH excluding ortho intramolecular Hbond substituents is 1. The summed E-state index contributed by atoms with van der Waals surface area (Å²) in [6.45, 7) is 11.5. The van der Waals surface area contributed by atoms with Crippen LogP contribution in [0.5, 0.6) is 5.75 Å². The molecule has 44 heteroatoms. The summed E-state index contributed by atoms with van der Waals surface area (Å²) in [6, 6.07) is -1.23. The fourth-order valence-electron chi connectivity index (χ4n) is 16.9. The lowest BCUT2D eigenvalue weighted by atomic mass is 9.99. The summed E-state index contributed by atoms with van der Waals surface area (Å²) in [6.07, 6.45) is 4.37. The number of imidazole rings is 1. The molecule has 0 saturated carbocycles. The molecule has 17 amide bonds. The van der Waals surface area contributed by atoms with Crippen molar-refractivity contribution in [2.45, 2.75) is 241 Å². The van der Waals surface area contributed by atoms with Gasteiger partial charge in [-0.3, -0.25) is 86.9 Å². The highest BCUT2D eigenvalue weighted by molar-refractivity contribution is 7.99. The first kappa shape index (κ1) is 107. The van der Waals surface area contributed by atoms with Gasteiger partial charge >= 0.3 is 0 Å². The van der Waals surface area contributed by atoms with Crippen LogP contribution in [-0.4, -0.2) is 299 Å². The monoisotopic (exact) mass is 1940 g/mol. The van der Waals surface area contributed by atoms with E-state index < -0.39 is 215 Å². The molecule has 0 radical (unpaired) electrons. The molecular weight excluding hydrogens is 1810 g/mol. The van der Waals surface area contributed by atoms with Crippen molar-refractivity contribution in [2.75, 3.05) is 58.8 Å². The molecule has 3 aromatic heterocycles. The number of aliphatic hydroxyl groups is 1. The average Bonchev–Trinajstić information content (AvgIpc) is 1.77. The average molecular weight is 1940 g/mol. The Bertz CT molecular complexity index is 5320. The molecular formula is C93H129N23O19S2. The quantitative estimate of drug-likeness (QED) is 0.0150. The van der Waals surface area contributed by atoms with Gasteiger partial charge in [-0.1, -0.05) is 108 Å². The number of aromatic nitrogens is 3. The third-order valence-electron chi connectivity index (χ3n) is 24.5. The highest BCUT2D eigenvalue weighted by Crippen LogP contribution is 2.30. The Morgan fingerprint density at radius 3 is 1.74 bits per heavy atom. The van der Waals surface area contributed by atoms with E-state index in [1.165, 1.54) is 86.0 Å². The number of carbonyl (C=O) groups excluding carboxylic acids is 17. The number of hydrogen-bond donors (Lipinski definition) is 19. The van der Waals surface area contributed by atoms with Gasteiger partial charge < -0.3 is 120 Å². The van der Waals surface area contributed by atoms with E-state index in [9.17, 15) is 53.4 Å². The minimum atomic E-state index is -2.06. The number of aliphatic hydroxyl groups excluding tert-OH is 1. The van der Waals surface area contributed by atoms with E-state index in [-0.39, 0.29) is 127 Å². The van der Waals surface area contributed by atoms with Gasteiger partial charge in [-0.2, -0.15) is 11.8 Å². The van der Waals surface area contributed by atoms with E-state index in [4.69, 9.17) is 22.6 Å². The summed E-state index contributed by atoms with van der Waals surface area (Å²) in [5, 5.41) is 62.2. The molecule has 14 atom stereocenters. The molecule has 3 aliphatic rings. The first-order valence-corrected chi connectivity index (χ1v) is 48.1. The molecule has 137 heavy (non-hydrogen) atoms. The first-order valence-electron chi connectivity index (χ1n) is 46.0. The van der Waals surface area contributed by atoms with Crippen molar-refractivity contribution in [1.29, 1.82) is 5.41 Å². The second-order valence-electron chi connectivity index (χ2n) is 35.2. The largest absolute Gasteiger partial charge is 0.510 e. The van der Waals surface area contributed by atoms with Crippen LogP contribution in [0, 0.1) is 11.3 Å². The highest BCUT2D eigenvalue weighted by Gasteiger charge is 2.46. The number of nitrogens with one attached hydrogen (secondary N) is 14. The van der Waals surface area contributed by atoms with Gasteiger partial charge in [0.1, 0.15) is 90.1 Å². The zero-order valence-electron chi connectivity index (χ0n) is 78.3. The van der Waals surface area contributed by atoms with Gasteiger partial charge in [-0.05, 0) is 135 Å². The van der Waals surface area contributed by atoms with Crippen LogP contribution in [0.3, 0.4) is 0 Å². The van der Waals surface area contributed by atoms with E-state index in [2.05, 4.69) is 80.0 Å². The molecule has 0 aliphatic carbocycles. The number of aromatic hydroxyl groups is 1. The third kappa shape index (κ3) is 30.2. The summed E-state index contributed by atoms with van der Waals surface area (Å²) in [4.78, 5) is 267. The minimum absolute atomic E-state index is 0.00115.